The molecular formula is C60H47NOS. The molecule has 1 aliphatic rings. The zero-order chi connectivity index (χ0) is 42.7. The Hall–Kier alpha value is -7.07. The smallest absolute Gasteiger partial charge is 0.136 e. The summed E-state index contributed by atoms with van der Waals surface area (Å²) in [6.07, 6.45) is 2.02. The van der Waals surface area contributed by atoms with Gasteiger partial charge in [0.2, 0.25) is 0 Å². The summed E-state index contributed by atoms with van der Waals surface area (Å²) >= 11 is 4.86. The third-order valence-corrected chi connectivity index (χ3v) is 13.5. The Labute approximate surface area is 375 Å². The van der Waals surface area contributed by atoms with Crippen LogP contribution in [0.4, 0.5) is 17.1 Å². The number of furan rings is 1. The van der Waals surface area contributed by atoms with Crippen molar-refractivity contribution in [3.05, 3.63) is 217 Å². The van der Waals surface area contributed by atoms with Crippen molar-refractivity contribution in [2.45, 2.75) is 43.9 Å². The number of nitrogens with zero attached hydrogens (tertiary/aromatic N) is 1. The zero-order valence-corrected chi connectivity index (χ0v) is 36.7. The van der Waals surface area contributed by atoms with E-state index in [2.05, 4.69) is 214 Å². The van der Waals surface area contributed by atoms with E-state index in [0.29, 0.717) is 0 Å². The van der Waals surface area contributed by atoms with Crippen molar-refractivity contribution in [3.8, 4) is 55.6 Å². The fourth-order valence-electron chi connectivity index (χ4n) is 9.95. The van der Waals surface area contributed by atoms with Gasteiger partial charge in [0.1, 0.15) is 11.2 Å². The van der Waals surface area contributed by atoms with E-state index in [1.54, 1.807) is 0 Å². The van der Waals surface area contributed by atoms with Gasteiger partial charge >= 0.3 is 0 Å². The molecule has 0 radical (unpaired) electrons. The van der Waals surface area contributed by atoms with Crippen LogP contribution in [0.3, 0.4) is 0 Å². The Bertz CT molecular complexity index is 3320. The van der Waals surface area contributed by atoms with E-state index in [9.17, 15) is 0 Å². The fourth-order valence-corrected chi connectivity index (χ4v) is 10.2. The molecule has 0 saturated carbocycles. The van der Waals surface area contributed by atoms with E-state index in [1.807, 2.05) is 12.1 Å². The van der Waals surface area contributed by atoms with Crippen LogP contribution in [-0.2, 0) is 11.8 Å². The van der Waals surface area contributed by atoms with Gasteiger partial charge < -0.3 is 9.32 Å². The van der Waals surface area contributed by atoms with Gasteiger partial charge in [0.15, 0.2) is 0 Å². The minimum Gasteiger partial charge on any atom is -0.456 e. The van der Waals surface area contributed by atoms with E-state index in [4.69, 9.17) is 17.0 Å². The molecule has 2 nitrogen and oxygen atoms in total. The van der Waals surface area contributed by atoms with Gasteiger partial charge in [0.05, 0.1) is 0 Å². The molecule has 0 amide bonds. The first kappa shape index (κ1) is 38.8. The second-order valence-corrected chi connectivity index (χ2v) is 17.8. The number of hydrogen-bond acceptors (Lipinski definition) is 3. The first-order valence-corrected chi connectivity index (χ1v) is 22.5. The van der Waals surface area contributed by atoms with Gasteiger partial charge in [-0.1, -0.05) is 167 Å². The first-order valence-electron chi connectivity index (χ1n) is 22.0. The van der Waals surface area contributed by atoms with Gasteiger partial charge in [-0.25, -0.2) is 0 Å². The highest BCUT2D eigenvalue weighted by Gasteiger charge is 2.35. The Balaban J connectivity index is 1.05. The van der Waals surface area contributed by atoms with Crippen molar-refractivity contribution in [1.29, 1.82) is 0 Å². The molecule has 304 valence electrons. The topological polar surface area (TPSA) is 16.4 Å². The highest BCUT2D eigenvalue weighted by molar-refractivity contribution is 7.80. The SMILES string of the molecule is CCCc1cc(-c2cc3c(cc2-c2ccc(N(c4ccc(-c5ccccc5)cc4)c4ccc5c(c4)C(C)(C)c4ccccc4-5)cc2)oc2ccccc23)ccc1-c1ccccc1S. The van der Waals surface area contributed by atoms with Crippen LogP contribution in [0, 0.1) is 0 Å². The predicted molar refractivity (Wildman–Crippen MR) is 269 cm³/mol. The summed E-state index contributed by atoms with van der Waals surface area (Å²) in [5.74, 6) is 0. The normalized spacial score (nSPS) is 12.7. The molecule has 0 bridgehead atoms. The second-order valence-electron chi connectivity index (χ2n) is 17.3. The standard InChI is InChI=1S/C60H47NOS/c1-4-14-42-35-43(27-33-47(42)51-19-10-13-22-59(51)63)52-37-54-50-18-9-12-21-57(50)62-58(54)38-53(52)41-25-30-45(31-26-41)61(44-28-23-40(24-29-44)39-15-6-5-7-16-39)46-32-34-49-48-17-8-11-20-55(48)60(2,3)56(49)36-46/h5-13,15-38,63H,4,14H2,1-3H3. The van der Waals surface area contributed by atoms with E-state index >= 15 is 0 Å². The number of hydrogen-bond donors (Lipinski definition) is 1. The third-order valence-electron chi connectivity index (χ3n) is 13.1. The Kier molecular flexibility index (Phi) is 9.66. The molecule has 10 aromatic rings. The average Bonchev–Trinajstić information content (AvgIpc) is 3.80. The van der Waals surface area contributed by atoms with Crippen LogP contribution in [-0.4, -0.2) is 0 Å². The molecule has 0 unspecified atom stereocenters. The maximum Gasteiger partial charge on any atom is 0.136 e. The van der Waals surface area contributed by atoms with Crippen molar-refractivity contribution in [2.75, 3.05) is 4.90 Å². The molecule has 0 spiro atoms. The monoisotopic (exact) mass is 829 g/mol. The summed E-state index contributed by atoms with van der Waals surface area (Å²) < 4.78 is 6.54. The van der Waals surface area contributed by atoms with Crippen LogP contribution in [0.5, 0.6) is 0 Å². The Morgan fingerprint density at radius 2 is 1.02 bits per heavy atom. The molecule has 0 saturated heterocycles. The molecule has 1 heterocycles. The molecule has 1 aliphatic carbocycles. The van der Waals surface area contributed by atoms with Crippen LogP contribution >= 0.6 is 12.6 Å². The number of benzene rings is 9. The lowest BCUT2D eigenvalue weighted by Crippen LogP contribution is -2.16. The van der Waals surface area contributed by atoms with Crippen LogP contribution in [0.15, 0.2) is 210 Å². The molecule has 0 atom stereocenters. The van der Waals surface area contributed by atoms with Crippen LogP contribution < -0.4 is 4.90 Å². The Morgan fingerprint density at radius 1 is 0.429 bits per heavy atom. The Morgan fingerprint density at radius 3 is 1.78 bits per heavy atom. The summed E-state index contributed by atoms with van der Waals surface area (Å²) in [6.45, 7) is 6.95. The molecule has 63 heavy (non-hydrogen) atoms. The number of rotatable bonds is 9. The molecule has 3 heteroatoms. The molecular weight excluding hydrogens is 783 g/mol. The zero-order valence-electron chi connectivity index (χ0n) is 35.8. The molecule has 9 aromatic carbocycles. The molecule has 11 rings (SSSR count). The largest absolute Gasteiger partial charge is 0.456 e. The fraction of sp³-hybridized carbons (Fsp3) is 0.100. The van der Waals surface area contributed by atoms with Gasteiger partial charge in [-0.2, -0.15) is 0 Å². The minimum absolute atomic E-state index is 0.119. The van der Waals surface area contributed by atoms with Crippen molar-refractivity contribution in [1.82, 2.24) is 0 Å². The maximum absolute atomic E-state index is 6.54. The highest BCUT2D eigenvalue weighted by atomic mass is 32.1. The van der Waals surface area contributed by atoms with Gasteiger partial charge in [-0.05, 0) is 139 Å². The molecule has 0 aliphatic heterocycles. The summed E-state index contributed by atoms with van der Waals surface area (Å²) in [6, 6.07) is 72.9. The van der Waals surface area contributed by atoms with Crippen LogP contribution in [0.2, 0.25) is 0 Å². The van der Waals surface area contributed by atoms with E-state index in [-0.39, 0.29) is 5.41 Å². The van der Waals surface area contributed by atoms with Crippen LogP contribution in [0.25, 0.3) is 77.6 Å². The number of anilines is 3. The van der Waals surface area contributed by atoms with Crippen molar-refractivity contribution in [2.24, 2.45) is 0 Å². The quantitative estimate of drug-likeness (QED) is 0.146. The molecule has 1 aromatic heterocycles. The lowest BCUT2D eigenvalue weighted by molar-refractivity contribution is 0.660. The van der Waals surface area contributed by atoms with Gasteiger partial charge in [0.25, 0.3) is 0 Å². The average molecular weight is 830 g/mol. The summed E-state index contributed by atoms with van der Waals surface area (Å²) in [5.41, 5.74) is 21.1. The number of fused-ring (bicyclic) bond motifs is 6. The van der Waals surface area contributed by atoms with Gasteiger partial charge in [0, 0.05) is 38.1 Å². The second kappa shape index (κ2) is 15.7. The number of para-hydroxylation sites is 1. The number of aryl methyl sites for hydroxylation is 1. The van der Waals surface area contributed by atoms with Crippen LogP contribution in [0.1, 0.15) is 43.9 Å². The highest BCUT2D eigenvalue weighted by Crippen LogP contribution is 2.51. The summed E-state index contributed by atoms with van der Waals surface area (Å²) in [7, 11) is 0. The van der Waals surface area contributed by atoms with Crippen molar-refractivity contribution in [3.63, 3.8) is 0 Å². The van der Waals surface area contributed by atoms with Crippen molar-refractivity contribution < 1.29 is 4.42 Å². The molecule has 0 N–H and O–H groups in total. The lowest BCUT2D eigenvalue weighted by atomic mass is 9.82. The minimum atomic E-state index is -0.119. The summed E-state index contributed by atoms with van der Waals surface area (Å²) in [4.78, 5) is 3.39. The first-order chi connectivity index (χ1) is 30.9. The predicted octanol–water partition coefficient (Wildman–Crippen LogP) is 17.3. The molecule has 0 fully saturated rings. The lowest BCUT2D eigenvalue weighted by Gasteiger charge is -2.28. The van der Waals surface area contributed by atoms with E-state index in [0.717, 1.165) is 67.9 Å². The van der Waals surface area contributed by atoms with Gasteiger partial charge in [-0.15, -0.1) is 12.6 Å². The summed E-state index contributed by atoms with van der Waals surface area (Å²) in [5, 5.41) is 2.24. The third kappa shape index (κ3) is 6.76. The van der Waals surface area contributed by atoms with Crippen molar-refractivity contribution >= 4 is 51.6 Å². The maximum atomic E-state index is 6.54. The van der Waals surface area contributed by atoms with Gasteiger partial charge in [-0.3, -0.25) is 0 Å². The van der Waals surface area contributed by atoms with E-state index in [1.165, 1.54) is 61.2 Å². The number of thiol groups is 1. The van der Waals surface area contributed by atoms with E-state index < -0.39 is 0 Å².